The largest absolute Gasteiger partial charge is 0.345 e. The van der Waals surface area contributed by atoms with Crippen LogP contribution in [-0.4, -0.2) is 35.9 Å². The van der Waals surface area contributed by atoms with Gasteiger partial charge < -0.3 is 10.2 Å². The lowest BCUT2D eigenvalue weighted by Gasteiger charge is -2.14. The zero-order valence-electron chi connectivity index (χ0n) is 11.0. The van der Waals surface area contributed by atoms with Gasteiger partial charge in [-0.2, -0.15) is 0 Å². The van der Waals surface area contributed by atoms with Gasteiger partial charge in [-0.1, -0.05) is 41.7 Å². The Hall–Kier alpha value is -1.17. The van der Waals surface area contributed by atoms with Crippen LogP contribution in [0.15, 0.2) is 30.3 Å². The highest BCUT2D eigenvalue weighted by atomic mass is 35.5. The first-order valence-corrected chi connectivity index (χ1v) is 7.59. The number of nitrogens with one attached hydrogen (secondary N) is 1. The van der Waals surface area contributed by atoms with Gasteiger partial charge in [0.05, 0.1) is 0 Å². The molecular weight excluding hydrogens is 292 g/mol. The van der Waals surface area contributed by atoms with Crippen molar-refractivity contribution in [2.45, 2.75) is 12.5 Å². The SMILES string of the molecule is Cl.c1ccc(-c2nnc(N3C[C@@H]4CCN[C@@H]4C3)s2)cc1. The lowest BCUT2D eigenvalue weighted by molar-refractivity contribution is 0.556. The molecule has 0 spiro atoms. The van der Waals surface area contributed by atoms with Crippen LogP contribution in [0.1, 0.15) is 6.42 Å². The monoisotopic (exact) mass is 308 g/mol. The van der Waals surface area contributed by atoms with E-state index in [4.69, 9.17) is 0 Å². The molecule has 1 aromatic heterocycles. The molecule has 0 radical (unpaired) electrons. The highest BCUT2D eigenvalue weighted by Crippen LogP contribution is 2.33. The number of aromatic nitrogens is 2. The minimum atomic E-state index is 0. The molecule has 0 saturated carbocycles. The number of rotatable bonds is 2. The fraction of sp³-hybridized carbons (Fsp3) is 0.429. The Labute approximate surface area is 128 Å². The van der Waals surface area contributed by atoms with Crippen LogP contribution >= 0.6 is 23.7 Å². The summed E-state index contributed by atoms with van der Waals surface area (Å²) in [6.07, 6.45) is 1.30. The summed E-state index contributed by atoms with van der Waals surface area (Å²) >= 11 is 1.70. The van der Waals surface area contributed by atoms with Gasteiger partial charge in [-0.15, -0.1) is 22.6 Å². The summed E-state index contributed by atoms with van der Waals surface area (Å²) in [5.41, 5.74) is 1.16. The summed E-state index contributed by atoms with van der Waals surface area (Å²) in [4.78, 5) is 2.38. The van der Waals surface area contributed by atoms with Crippen molar-refractivity contribution in [3.8, 4) is 10.6 Å². The van der Waals surface area contributed by atoms with E-state index in [1.165, 1.54) is 13.0 Å². The Kier molecular flexibility index (Phi) is 3.92. The molecule has 2 atom stereocenters. The van der Waals surface area contributed by atoms with Gasteiger partial charge >= 0.3 is 0 Å². The molecule has 3 heterocycles. The van der Waals surface area contributed by atoms with Gasteiger partial charge in [0.1, 0.15) is 5.01 Å². The first kappa shape index (κ1) is 13.8. The maximum atomic E-state index is 4.37. The van der Waals surface area contributed by atoms with Crippen LogP contribution in [0.25, 0.3) is 10.6 Å². The van der Waals surface area contributed by atoms with E-state index in [1.807, 2.05) is 18.2 Å². The summed E-state index contributed by atoms with van der Waals surface area (Å²) in [6.45, 7) is 3.38. The molecule has 0 unspecified atom stereocenters. The number of hydrogen-bond donors (Lipinski definition) is 1. The quantitative estimate of drug-likeness (QED) is 0.925. The van der Waals surface area contributed by atoms with E-state index in [0.29, 0.717) is 6.04 Å². The normalized spacial score (nSPS) is 24.5. The zero-order valence-corrected chi connectivity index (χ0v) is 12.7. The van der Waals surface area contributed by atoms with Gasteiger partial charge in [-0.3, -0.25) is 0 Å². The Morgan fingerprint density at radius 3 is 2.80 bits per heavy atom. The van der Waals surface area contributed by atoms with E-state index in [2.05, 4.69) is 32.5 Å². The first-order valence-electron chi connectivity index (χ1n) is 6.77. The summed E-state index contributed by atoms with van der Waals surface area (Å²) < 4.78 is 0. The second-order valence-corrected chi connectivity index (χ2v) is 6.23. The van der Waals surface area contributed by atoms with Crippen LogP contribution in [0, 0.1) is 5.92 Å². The summed E-state index contributed by atoms with van der Waals surface area (Å²) in [5, 5.41) is 14.4. The number of nitrogens with zero attached hydrogens (tertiary/aromatic N) is 3. The van der Waals surface area contributed by atoms with E-state index < -0.39 is 0 Å². The van der Waals surface area contributed by atoms with Crippen LogP contribution in [0.5, 0.6) is 0 Å². The van der Waals surface area contributed by atoms with E-state index >= 15 is 0 Å². The molecule has 1 aromatic carbocycles. The number of anilines is 1. The second kappa shape index (κ2) is 5.68. The fourth-order valence-electron chi connectivity index (χ4n) is 3.05. The van der Waals surface area contributed by atoms with Crippen LogP contribution in [0.4, 0.5) is 5.13 Å². The van der Waals surface area contributed by atoms with Crippen LogP contribution < -0.4 is 10.2 Å². The molecule has 2 fully saturated rings. The van der Waals surface area contributed by atoms with Crippen molar-refractivity contribution in [1.82, 2.24) is 15.5 Å². The fourth-order valence-corrected chi connectivity index (χ4v) is 3.91. The Morgan fingerprint density at radius 1 is 1.15 bits per heavy atom. The summed E-state index contributed by atoms with van der Waals surface area (Å²) in [5.74, 6) is 0.795. The standard InChI is InChI=1S/C14H16N4S.ClH/c1-2-4-10(5-3-1)13-16-17-14(19-13)18-8-11-6-7-15-12(11)9-18;/h1-5,11-12,15H,6-9H2;1H/t11-,12+;/m0./s1. The van der Waals surface area contributed by atoms with Crippen molar-refractivity contribution >= 4 is 28.9 Å². The smallest absolute Gasteiger partial charge is 0.208 e. The topological polar surface area (TPSA) is 41.1 Å². The molecule has 6 heteroatoms. The van der Waals surface area contributed by atoms with E-state index in [-0.39, 0.29) is 12.4 Å². The molecule has 0 aliphatic carbocycles. The van der Waals surface area contributed by atoms with Crippen LogP contribution in [0.2, 0.25) is 0 Å². The van der Waals surface area contributed by atoms with Crippen molar-refractivity contribution in [2.75, 3.05) is 24.5 Å². The van der Waals surface area contributed by atoms with Gasteiger partial charge in [-0.05, 0) is 18.9 Å². The van der Waals surface area contributed by atoms with Crippen molar-refractivity contribution in [3.05, 3.63) is 30.3 Å². The Bertz CT molecular complexity index is 562. The van der Waals surface area contributed by atoms with Crippen LogP contribution in [0.3, 0.4) is 0 Å². The van der Waals surface area contributed by atoms with Gasteiger partial charge in [0.15, 0.2) is 0 Å². The third-order valence-electron chi connectivity index (χ3n) is 4.07. The van der Waals surface area contributed by atoms with Crippen molar-refractivity contribution in [1.29, 1.82) is 0 Å². The number of hydrogen-bond acceptors (Lipinski definition) is 5. The molecule has 1 N–H and O–H groups in total. The third kappa shape index (κ3) is 2.41. The van der Waals surface area contributed by atoms with Gasteiger partial charge in [0.25, 0.3) is 0 Å². The van der Waals surface area contributed by atoms with Gasteiger partial charge in [0.2, 0.25) is 5.13 Å². The van der Waals surface area contributed by atoms with E-state index in [9.17, 15) is 0 Å². The first-order chi connectivity index (χ1) is 9.40. The Morgan fingerprint density at radius 2 is 2.00 bits per heavy atom. The molecule has 0 amide bonds. The molecule has 2 aromatic rings. The van der Waals surface area contributed by atoms with Crippen molar-refractivity contribution < 1.29 is 0 Å². The second-order valence-electron chi connectivity index (χ2n) is 5.27. The average molecular weight is 309 g/mol. The molecular formula is C14H17ClN4S. The Balaban J connectivity index is 0.00000121. The molecule has 0 bridgehead atoms. The number of fused-ring (bicyclic) bond motifs is 1. The predicted octanol–water partition coefficient (Wildman–Crippen LogP) is 2.43. The van der Waals surface area contributed by atoms with Crippen molar-refractivity contribution in [3.63, 3.8) is 0 Å². The highest BCUT2D eigenvalue weighted by Gasteiger charge is 2.37. The summed E-state index contributed by atoms with van der Waals surface area (Å²) in [7, 11) is 0. The molecule has 20 heavy (non-hydrogen) atoms. The lowest BCUT2D eigenvalue weighted by Crippen LogP contribution is -2.30. The number of benzene rings is 1. The highest BCUT2D eigenvalue weighted by molar-refractivity contribution is 7.18. The van der Waals surface area contributed by atoms with Gasteiger partial charge in [0, 0.05) is 24.7 Å². The molecule has 106 valence electrons. The zero-order chi connectivity index (χ0) is 12.7. The van der Waals surface area contributed by atoms with E-state index in [0.717, 1.165) is 34.7 Å². The third-order valence-corrected chi connectivity index (χ3v) is 5.10. The predicted molar refractivity (Wildman–Crippen MR) is 84.7 cm³/mol. The van der Waals surface area contributed by atoms with Crippen molar-refractivity contribution in [2.24, 2.45) is 5.92 Å². The van der Waals surface area contributed by atoms with Crippen LogP contribution in [-0.2, 0) is 0 Å². The molecule has 4 rings (SSSR count). The molecule has 2 aliphatic heterocycles. The summed E-state index contributed by atoms with van der Waals surface area (Å²) in [6, 6.07) is 10.9. The van der Waals surface area contributed by atoms with E-state index in [1.54, 1.807) is 11.3 Å². The maximum absolute atomic E-state index is 4.37. The number of halogens is 1. The molecule has 2 saturated heterocycles. The molecule has 4 nitrogen and oxygen atoms in total. The minimum absolute atomic E-state index is 0. The maximum Gasteiger partial charge on any atom is 0.208 e. The van der Waals surface area contributed by atoms with Gasteiger partial charge in [-0.25, -0.2) is 0 Å². The minimum Gasteiger partial charge on any atom is -0.345 e. The average Bonchev–Trinajstić information content (AvgIpc) is 3.14. The molecule has 2 aliphatic rings. The lowest BCUT2D eigenvalue weighted by atomic mass is 10.1.